The Bertz CT molecular complexity index is 656. The molecule has 0 aliphatic carbocycles. The maximum absolute atomic E-state index is 10.7. The zero-order valence-electron chi connectivity index (χ0n) is 8.95. The summed E-state index contributed by atoms with van der Waals surface area (Å²) in [5.41, 5.74) is 0.799. The van der Waals surface area contributed by atoms with Crippen molar-refractivity contribution in [1.29, 1.82) is 0 Å². The molecule has 2 aromatic rings. The van der Waals surface area contributed by atoms with E-state index in [-0.39, 0.29) is 11.4 Å². The van der Waals surface area contributed by atoms with E-state index in [9.17, 15) is 9.90 Å². The van der Waals surface area contributed by atoms with E-state index in [1.807, 2.05) is 0 Å². The zero-order chi connectivity index (χ0) is 13.1. The molecular weight excluding hydrogens is 272 g/mol. The Hall–Kier alpha value is -1.99. The minimum atomic E-state index is -0.980. The van der Waals surface area contributed by atoms with Crippen LogP contribution in [0.5, 0.6) is 5.88 Å². The third-order valence-corrected chi connectivity index (χ3v) is 3.26. The SMILES string of the molecule is O=C(O)c1ccc(N=Cc2sc(=S)[nH]c2O)cc1. The smallest absolute Gasteiger partial charge is 0.335 e. The number of carboxylic acid groups (broad SMARTS) is 1. The van der Waals surface area contributed by atoms with Crippen LogP contribution in [0.2, 0.25) is 0 Å². The summed E-state index contributed by atoms with van der Waals surface area (Å²) in [4.78, 5) is 17.9. The fourth-order valence-electron chi connectivity index (χ4n) is 1.24. The monoisotopic (exact) mass is 280 g/mol. The van der Waals surface area contributed by atoms with Crippen LogP contribution >= 0.6 is 23.6 Å². The van der Waals surface area contributed by atoms with E-state index in [1.165, 1.54) is 29.7 Å². The molecule has 92 valence electrons. The van der Waals surface area contributed by atoms with E-state index in [1.54, 1.807) is 12.1 Å². The maximum Gasteiger partial charge on any atom is 0.335 e. The van der Waals surface area contributed by atoms with E-state index >= 15 is 0 Å². The van der Waals surface area contributed by atoms with Gasteiger partial charge in [0, 0.05) is 0 Å². The average molecular weight is 280 g/mol. The number of H-pyrrole nitrogens is 1. The standard InChI is InChI=1S/C11H8N2O3S2/c14-9-8(18-11(17)13-9)5-12-7-3-1-6(2-4-7)10(15)16/h1-5,14H,(H,13,17)(H,15,16). The molecule has 7 heteroatoms. The van der Waals surface area contributed by atoms with Gasteiger partial charge >= 0.3 is 5.97 Å². The highest BCUT2D eigenvalue weighted by Crippen LogP contribution is 2.20. The summed E-state index contributed by atoms with van der Waals surface area (Å²) in [6, 6.07) is 6.10. The summed E-state index contributed by atoms with van der Waals surface area (Å²) < 4.78 is 0.468. The number of thiazole rings is 1. The Morgan fingerprint density at radius 1 is 1.39 bits per heavy atom. The Labute approximate surface area is 111 Å². The van der Waals surface area contributed by atoms with E-state index in [0.29, 0.717) is 14.5 Å². The summed E-state index contributed by atoms with van der Waals surface area (Å²) in [7, 11) is 0. The lowest BCUT2D eigenvalue weighted by Gasteiger charge is -1.95. The molecule has 0 amide bonds. The second-order valence-corrected chi connectivity index (χ2v) is 5.06. The van der Waals surface area contributed by atoms with Crippen molar-refractivity contribution >= 4 is 41.4 Å². The van der Waals surface area contributed by atoms with Crippen LogP contribution in [0.1, 0.15) is 15.2 Å². The molecule has 0 unspecified atom stereocenters. The third kappa shape index (κ3) is 2.82. The van der Waals surface area contributed by atoms with Crippen molar-refractivity contribution in [3.8, 4) is 5.88 Å². The van der Waals surface area contributed by atoms with Gasteiger partial charge in [0.15, 0.2) is 3.95 Å². The molecule has 1 heterocycles. The number of nitrogens with one attached hydrogen (secondary N) is 1. The van der Waals surface area contributed by atoms with Crippen LogP contribution in [0.25, 0.3) is 0 Å². The number of aromatic amines is 1. The number of rotatable bonds is 3. The second-order valence-electron chi connectivity index (χ2n) is 3.34. The largest absolute Gasteiger partial charge is 0.494 e. The predicted octanol–water partition coefficient (Wildman–Crippen LogP) is 2.96. The number of hydrogen-bond acceptors (Lipinski definition) is 5. The van der Waals surface area contributed by atoms with Gasteiger partial charge < -0.3 is 15.2 Å². The summed E-state index contributed by atoms with van der Waals surface area (Å²) >= 11 is 6.08. The first-order valence-corrected chi connectivity index (χ1v) is 6.08. The summed E-state index contributed by atoms with van der Waals surface area (Å²) in [5, 5.41) is 18.2. The highest BCUT2D eigenvalue weighted by Gasteiger charge is 2.02. The first-order chi connectivity index (χ1) is 8.56. The topological polar surface area (TPSA) is 85.7 Å². The number of aromatic carboxylic acids is 1. The molecule has 5 nitrogen and oxygen atoms in total. The molecule has 1 aromatic heterocycles. The molecule has 0 radical (unpaired) electrons. The van der Waals surface area contributed by atoms with Crippen LogP contribution in [0.3, 0.4) is 0 Å². The Morgan fingerprint density at radius 3 is 2.56 bits per heavy atom. The lowest BCUT2D eigenvalue weighted by molar-refractivity contribution is 0.0697. The van der Waals surface area contributed by atoms with Gasteiger partial charge in [-0.05, 0) is 36.5 Å². The van der Waals surface area contributed by atoms with E-state index < -0.39 is 5.97 Å². The predicted molar refractivity (Wildman–Crippen MR) is 71.8 cm³/mol. The Morgan fingerprint density at radius 2 is 2.06 bits per heavy atom. The summed E-state index contributed by atoms with van der Waals surface area (Å²) in [6.45, 7) is 0. The minimum Gasteiger partial charge on any atom is -0.494 e. The maximum atomic E-state index is 10.7. The molecule has 2 rings (SSSR count). The van der Waals surface area contributed by atoms with Crippen LogP contribution in [0, 0.1) is 3.95 Å². The van der Waals surface area contributed by atoms with E-state index in [2.05, 4.69) is 9.98 Å². The molecule has 3 N–H and O–H groups in total. The van der Waals surface area contributed by atoms with Crippen molar-refractivity contribution in [2.75, 3.05) is 0 Å². The van der Waals surface area contributed by atoms with Crippen molar-refractivity contribution < 1.29 is 15.0 Å². The van der Waals surface area contributed by atoms with Gasteiger partial charge in [-0.15, -0.1) is 0 Å². The van der Waals surface area contributed by atoms with Gasteiger partial charge in [-0.3, -0.25) is 4.99 Å². The molecule has 0 bridgehead atoms. The molecule has 1 aromatic carbocycles. The van der Waals surface area contributed by atoms with E-state index in [4.69, 9.17) is 17.3 Å². The fraction of sp³-hybridized carbons (Fsp3) is 0. The molecule has 0 spiro atoms. The molecule has 0 saturated heterocycles. The Balaban J connectivity index is 2.21. The highest BCUT2D eigenvalue weighted by molar-refractivity contribution is 7.73. The molecular formula is C11H8N2O3S2. The lowest BCUT2D eigenvalue weighted by Crippen LogP contribution is -1.94. The number of nitrogens with zero attached hydrogens (tertiary/aromatic N) is 1. The number of benzene rings is 1. The van der Waals surface area contributed by atoms with Crippen LogP contribution in [-0.4, -0.2) is 27.4 Å². The van der Waals surface area contributed by atoms with Gasteiger partial charge in [0.2, 0.25) is 5.88 Å². The first kappa shape index (κ1) is 12.5. The molecule has 0 atom stereocenters. The summed E-state index contributed by atoms with van der Waals surface area (Å²) in [6.07, 6.45) is 1.47. The molecule has 0 aliphatic rings. The molecule has 18 heavy (non-hydrogen) atoms. The third-order valence-electron chi connectivity index (χ3n) is 2.10. The Kier molecular flexibility index (Phi) is 3.54. The van der Waals surface area contributed by atoms with Crippen molar-refractivity contribution in [3.63, 3.8) is 0 Å². The van der Waals surface area contributed by atoms with Crippen molar-refractivity contribution in [3.05, 3.63) is 38.7 Å². The number of aliphatic imine (C=N–C) groups is 1. The van der Waals surface area contributed by atoms with Gasteiger partial charge in [0.25, 0.3) is 0 Å². The van der Waals surface area contributed by atoms with Gasteiger partial charge in [-0.25, -0.2) is 4.79 Å². The molecule has 0 fully saturated rings. The number of hydrogen-bond donors (Lipinski definition) is 3. The van der Waals surface area contributed by atoms with Crippen LogP contribution in [0.4, 0.5) is 5.69 Å². The van der Waals surface area contributed by atoms with Gasteiger partial charge in [-0.1, -0.05) is 11.3 Å². The van der Waals surface area contributed by atoms with E-state index in [0.717, 1.165) is 0 Å². The zero-order valence-corrected chi connectivity index (χ0v) is 10.6. The van der Waals surface area contributed by atoms with Crippen molar-refractivity contribution in [1.82, 2.24) is 4.98 Å². The van der Waals surface area contributed by atoms with Crippen LogP contribution in [0.15, 0.2) is 29.3 Å². The van der Waals surface area contributed by atoms with Crippen molar-refractivity contribution in [2.45, 2.75) is 0 Å². The molecule has 0 saturated carbocycles. The van der Waals surface area contributed by atoms with Crippen molar-refractivity contribution in [2.24, 2.45) is 4.99 Å². The van der Waals surface area contributed by atoms with Crippen LogP contribution < -0.4 is 0 Å². The number of carboxylic acids is 1. The van der Waals surface area contributed by atoms with Gasteiger partial charge in [0.05, 0.1) is 17.5 Å². The average Bonchev–Trinajstić information content (AvgIpc) is 2.66. The number of carbonyl (C=O) groups is 1. The second kappa shape index (κ2) is 5.11. The highest BCUT2D eigenvalue weighted by atomic mass is 32.1. The lowest BCUT2D eigenvalue weighted by atomic mass is 10.2. The normalized spacial score (nSPS) is 10.9. The molecule has 0 aliphatic heterocycles. The van der Waals surface area contributed by atoms with Crippen LogP contribution in [-0.2, 0) is 0 Å². The quantitative estimate of drug-likeness (QED) is 0.596. The minimum absolute atomic E-state index is 0.0177. The fourth-order valence-corrected chi connectivity index (χ4v) is 2.21. The van der Waals surface area contributed by atoms with Gasteiger partial charge in [-0.2, -0.15) is 0 Å². The first-order valence-electron chi connectivity index (χ1n) is 4.86. The van der Waals surface area contributed by atoms with Gasteiger partial charge in [0.1, 0.15) is 4.88 Å². The number of aromatic hydroxyl groups is 1. The number of aromatic nitrogens is 1. The summed E-state index contributed by atoms with van der Waals surface area (Å²) in [5.74, 6) is -0.998.